The van der Waals surface area contributed by atoms with Gasteiger partial charge >= 0.3 is 0 Å². The first-order valence-corrected chi connectivity index (χ1v) is 21.4. The minimum atomic E-state index is -0.962. The van der Waals surface area contributed by atoms with Crippen LogP contribution in [0.1, 0.15) is 68.9 Å². The molecule has 61 heavy (non-hydrogen) atoms. The normalized spacial score (nSPS) is 19.0. The molecule has 4 aliphatic heterocycles. The van der Waals surface area contributed by atoms with Gasteiger partial charge in [0.05, 0.1) is 41.7 Å². The third-order valence-electron chi connectivity index (χ3n) is 12.8. The average Bonchev–Trinajstić information content (AvgIpc) is 3.64. The Kier molecular flexibility index (Phi) is 12.5. The zero-order chi connectivity index (χ0) is 42.6. The summed E-state index contributed by atoms with van der Waals surface area (Å²) in [5.41, 5.74) is 14.8. The fourth-order valence-corrected chi connectivity index (χ4v) is 9.21. The van der Waals surface area contributed by atoms with Crippen LogP contribution in [0, 0.1) is 31.1 Å². The van der Waals surface area contributed by atoms with Crippen molar-refractivity contribution in [3.05, 3.63) is 100 Å². The Morgan fingerprint density at radius 3 is 2.21 bits per heavy atom. The summed E-state index contributed by atoms with van der Waals surface area (Å²) in [7, 11) is 0. The summed E-state index contributed by atoms with van der Waals surface area (Å²) in [6.45, 7) is 14.2. The maximum Gasteiger partial charge on any atom is 0.262 e. The van der Waals surface area contributed by atoms with Gasteiger partial charge in [0.25, 0.3) is 11.8 Å². The number of piperazine rings is 1. The Hall–Kier alpha value is -6.01. The van der Waals surface area contributed by atoms with E-state index in [1.165, 1.54) is 12.8 Å². The molecule has 8 rings (SSSR count). The van der Waals surface area contributed by atoms with Crippen LogP contribution in [0.15, 0.2) is 66.7 Å². The van der Waals surface area contributed by atoms with Gasteiger partial charge in [0, 0.05) is 74.9 Å². The lowest BCUT2D eigenvalue weighted by atomic mass is 9.96. The van der Waals surface area contributed by atoms with E-state index in [1.54, 1.807) is 12.1 Å². The molecule has 0 aliphatic carbocycles. The van der Waals surface area contributed by atoms with Crippen LogP contribution in [-0.2, 0) is 20.9 Å². The van der Waals surface area contributed by atoms with E-state index in [4.69, 9.17) is 20.5 Å². The monoisotopic (exact) mass is 826 g/mol. The molecule has 14 heteroatoms. The van der Waals surface area contributed by atoms with Gasteiger partial charge in [0.1, 0.15) is 18.4 Å². The summed E-state index contributed by atoms with van der Waals surface area (Å²) in [6.07, 6.45) is 2.58. The van der Waals surface area contributed by atoms with E-state index in [0.717, 1.165) is 102 Å². The topological polar surface area (TPSA) is 166 Å². The molecule has 0 spiro atoms. The molecule has 14 nitrogen and oxygen atoms in total. The van der Waals surface area contributed by atoms with Crippen molar-refractivity contribution < 1.29 is 28.7 Å². The number of fused-ring (bicyclic) bond motifs is 1. The van der Waals surface area contributed by atoms with Gasteiger partial charge in [-0.3, -0.25) is 34.3 Å². The summed E-state index contributed by atoms with van der Waals surface area (Å²) < 4.78 is 14.2. The molecule has 1 aromatic heterocycles. The Morgan fingerprint density at radius 2 is 1.51 bits per heavy atom. The molecule has 0 radical (unpaired) electrons. The van der Waals surface area contributed by atoms with Gasteiger partial charge in [-0.25, -0.2) is 0 Å². The summed E-state index contributed by atoms with van der Waals surface area (Å²) in [6, 6.07) is 22.3. The number of nitrogens with zero attached hydrogens (tertiary/aromatic N) is 6. The van der Waals surface area contributed by atoms with E-state index in [1.807, 2.05) is 49.4 Å². The van der Waals surface area contributed by atoms with E-state index in [0.29, 0.717) is 49.0 Å². The predicted molar refractivity (Wildman–Crippen MR) is 231 cm³/mol. The lowest BCUT2D eigenvalue weighted by Crippen LogP contribution is -2.54. The molecule has 3 saturated heterocycles. The highest BCUT2D eigenvalue weighted by molar-refractivity contribution is 6.23. The molecule has 3 N–H and O–H groups in total. The van der Waals surface area contributed by atoms with E-state index in [-0.39, 0.29) is 18.7 Å². The number of nitrogens with two attached hydrogens (primary N) is 1. The molecular weight excluding hydrogens is 773 g/mol. The minimum Gasteiger partial charge on any atom is -0.491 e. The van der Waals surface area contributed by atoms with Crippen LogP contribution in [0.5, 0.6) is 5.75 Å². The Labute approximate surface area is 356 Å². The number of imide groups is 2. The largest absolute Gasteiger partial charge is 0.491 e. The number of nitrogens with one attached hydrogen (secondary N) is 1. The quantitative estimate of drug-likeness (QED) is 0.135. The van der Waals surface area contributed by atoms with Crippen LogP contribution >= 0.6 is 0 Å². The van der Waals surface area contributed by atoms with Crippen molar-refractivity contribution in [1.29, 1.82) is 5.26 Å². The van der Waals surface area contributed by atoms with Crippen molar-refractivity contribution in [2.45, 2.75) is 52.1 Å². The second-order valence-electron chi connectivity index (χ2n) is 16.6. The van der Waals surface area contributed by atoms with Crippen molar-refractivity contribution in [1.82, 2.24) is 24.6 Å². The minimum absolute atomic E-state index is 0.100. The van der Waals surface area contributed by atoms with Crippen molar-refractivity contribution in [2.24, 2.45) is 5.92 Å². The van der Waals surface area contributed by atoms with E-state index in [9.17, 15) is 19.2 Å². The molecule has 3 aromatic carbocycles. The Bertz CT molecular complexity index is 2320. The van der Waals surface area contributed by atoms with Crippen LogP contribution in [-0.4, -0.2) is 121 Å². The lowest BCUT2D eigenvalue weighted by Gasteiger charge is -2.39. The summed E-state index contributed by atoms with van der Waals surface area (Å²) in [5.74, 6) is -0.464. The number of nitriles is 1. The fourth-order valence-electron chi connectivity index (χ4n) is 9.21. The Morgan fingerprint density at radius 1 is 0.787 bits per heavy atom. The standard InChI is InChI=1S/C47H54N8O6/c1-31-43(36-7-3-33(28-48)4-8-36)44(49)32(2)54(31)30-34-5-10-38(11-6-34)61-26-25-60-24-23-51-17-15-35(16-18-51)29-52-19-21-53(22-20-52)37-9-12-39-40(27-37)47(59)55(46(39)58)41-13-14-42(56)50-45(41)57/h3-12,27,35,41H,13-26,29-30,49H2,1-2H3,(H,50,56,57). The molecule has 5 heterocycles. The first kappa shape index (κ1) is 41.7. The highest BCUT2D eigenvalue weighted by atomic mass is 16.5. The van der Waals surface area contributed by atoms with Gasteiger partial charge in [0.2, 0.25) is 11.8 Å². The number of rotatable bonds is 14. The average molecular weight is 827 g/mol. The van der Waals surface area contributed by atoms with Gasteiger partial charge < -0.3 is 29.6 Å². The smallest absolute Gasteiger partial charge is 0.262 e. The maximum atomic E-state index is 13.3. The number of benzene rings is 3. The highest BCUT2D eigenvalue weighted by Crippen LogP contribution is 2.36. The zero-order valence-corrected chi connectivity index (χ0v) is 35.0. The summed E-state index contributed by atoms with van der Waals surface area (Å²) >= 11 is 0. The van der Waals surface area contributed by atoms with Gasteiger partial charge in [0.15, 0.2) is 0 Å². The van der Waals surface area contributed by atoms with Gasteiger partial charge in [-0.05, 0) is 106 Å². The molecule has 0 bridgehead atoms. The SMILES string of the molecule is Cc1c(N)c(-c2ccc(C#N)cc2)c(C)n1Cc1ccc(OCCOCCN2CCC(CN3CCN(c4ccc5c(c4)C(=O)N(C4CCC(=O)NC4=O)C5=O)CC3)CC2)cc1. The molecule has 4 amide bonds. The molecule has 1 atom stereocenters. The van der Waals surface area contributed by atoms with Gasteiger partial charge in [-0.15, -0.1) is 0 Å². The van der Waals surface area contributed by atoms with Gasteiger partial charge in [-0.2, -0.15) is 5.26 Å². The number of amides is 4. The number of carbonyl (C=O) groups excluding carboxylic acids is 4. The van der Waals surface area contributed by atoms with Crippen LogP contribution in [0.2, 0.25) is 0 Å². The van der Waals surface area contributed by atoms with Crippen LogP contribution in [0.3, 0.4) is 0 Å². The number of ether oxygens (including phenoxy) is 2. The Balaban J connectivity index is 0.704. The second-order valence-corrected chi connectivity index (χ2v) is 16.6. The first-order chi connectivity index (χ1) is 29.6. The number of nitrogen functional groups attached to an aromatic ring is 1. The number of hydrogen-bond acceptors (Lipinski definition) is 11. The van der Waals surface area contributed by atoms with Crippen molar-refractivity contribution in [3.8, 4) is 22.9 Å². The maximum absolute atomic E-state index is 13.3. The zero-order valence-electron chi connectivity index (χ0n) is 35.0. The molecule has 1 unspecified atom stereocenters. The summed E-state index contributed by atoms with van der Waals surface area (Å²) in [4.78, 5) is 58.8. The number of hydrogen-bond donors (Lipinski definition) is 2. The van der Waals surface area contributed by atoms with Crippen LogP contribution in [0.25, 0.3) is 11.1 Å². The number of aromatic nitrogens is 1. The van der Waals surface area contributed by atoms with Crippen LogP contribution < -0.4 is 20.7 Å². The second kappa shape index (κ2) is 18.3. The van der Waals surface area contributed by atoms with E-state index in [2.05, 4.69) is 49.7 Å². The molecular formula is C47H54N8O6. The van der Waals surface area contributed by atoms with E-state index >= 15 is 0 Å². The lowest BCUT2D eigenvalue weighted by molar-refractivity contribution is -0.136. The number of anilines is 2. The predicted octanol–water partition coefficient (Wildman–Crippen LogP) is 4.60. The van der Waals surface area contributed by atoms with E-state index < -0.39 is 23.8 Å². The van der Waals surface area contributed by atoms with Gasteiger partial charge in [-0.1, -0.05) is 24.3 Å². The number of likely N-dealkylation sites (tertiary alicyclic amines) is 1. The highest BCUT2D eigenvalue weighted by Gasteiger charge is 2.45. The third-order valence-corrected chi connectivity index (χ3v) is 12.8. The molecule has 4 aromatic rings. The number of piperidine rings is 2. The summed E-state index contributed by atoms with van der Waals surface area (Å²) in [5, 5.41) is 11.4. The fraction of sp³-hybridized carbons (Fsp3) is 0.426. The third kappa shape index (κ3) is 9.05. The molecule has 3 fully saturated rings. The van der Waals surface area contributed by atoms with Crippen molar-refractivity contribution in [2.75, 3.05) is 82.8 Å². The van der Waals surface area contributed by atoms with Crippen molar-refractivity contribution >= 4 is 35.0 Å². The van der Waals surface area contributed by atoms with Crippen LogP contribution in [0.4, 0.5) is 11.4 Å². The van der Waals surface area contributed by atoms with Crippen molar-refractivity contribution in [3.63, 3.8) is 0 Å². The molecule has 0 saturated carbocycles. The number of carbonyl (C=O) groups is 4. The molecule has 4 aliphatic rings. The first-order valence-electron chi connectivity index (χ1n) is 21.4. The molecule has 318 valence electrons.